The minimum Gasteiger partial charge on any atom is -0.468 e. The zero-order valence-electron chi connectivity index (χ0n) is 18.0. The average molecular weight is 488 g/mol. The number of carbonyl (C=O) groups excluding carboxylic acids is 3. The zero-order chi connectivity index (χ0) is 23.4. The van der Waals surface area contributed by atoms with Crippen molar-refractivity contribution in [2.45, 2.75) is 19.4 Å². The quantitative estimate of drug-likeness (QED) is 0.499. The van der Waals surface area contributed by atoms with Gasteiger partial charge in [0.2, 0.25) is 5.91 Å². The van der Waals surface area contributed by atoms with E-state index in [1.807, 2.05) is 24.3 Å². The molecule has 2 heterocycles. The van der Waals surface area contributed by atoms with Gasteiger partial charge in [0, 0.05) is 12.2 Å². The minimum atomic E-state index is -0.505. The Hall–Kier alpha value is -2.98. The predicted octanol–water partition coefficient (Wildman–Crippen LogP) is 3.15. The highest BCUT2D eigenvalue weighted by molar-refractivity contribution is 8.00. The van der Waals surface area contributed by atoms with Crippen LogP contribution in [0.5, 0.6) is 0 Å². The van der Waals surface area contributed by atoms with Crippen molar-refractivity contribution in [3.05, 3.63) is 58.6 Å². The van der Waals surface area contributed by atoms with E-state index < -0.39 is 17.7 Å². The predicted molar refractivity (Wildman–Crippen MR) is 127 cm³/mol. The fraction of sp³-hybridized carbons (Fsp3) is 0.304. The first-order chi connectivity index (χ1) is 16.0. The fourth-order valence-electron chi connectivity index (χ4n) is 3.71. The molecule has 0 bridgehead atoms. The van der Waals surface area contributed by atoms with E-state index in [0.29, 0.717) is 16.8 Å². The lowest BCUT2D eigenvalue weighted by atomic mass is 10.0. The molecule has 0 fully saturated rings. The van der Waals surface area contributed by atoms with E-state index >= 15 is 0 Å². The molecule has 3 aromatic rings. The van der Waals surface area contributed by atoms with Crippen molar-refractivity contribution < 1.29 is 23.5 Å². The minimum absolute atomic E-state index is 0.0159. The molecule has 4 rings (SSSR count). The molecule has 33 heavy (non-hydrogen) atoms. The summed E-state index contributed by atoms with van der Waals surface area (Å²) in [4.78, 5) is 43.3. The summed E-state index contributed by atoms with van der Waals surface area (Å²) in [5.41, 5.74) is 2.68. The normalized spacial score (nSPS) is 13.8. The van der Waals surface area contributed by atoms with Gasteiger partial charge >= 0.3 is 5.97 Å². The second-order valence-corrected chi connectivity index (χ2v) is 9.43. The third-order valence-corrected chi connectivity index (χ3v) is 7.19. The number of benzene rings is 2. The first-order valence-electron chi connectivity index (χ1n) is 10.4. The highest BCUT2D eigenvalue weighted by Gasteiger charge is 2.22. The lowest BCUT2D eigenvalue weighted by Crippen LogP contribution is -2.36. The standard InChI is InChI=1S/C23H22FN3O4S2/c1-31-22(30)12-27-18-9-8-16(24)11-19(18)33-23(27)25-20(28)13-32-14-21(29)26-10-4-6-15-5-2-3-7-17(15)26/h2-3,5,7-9,11H,4,6,10,12-14H2,1H3. The number of ether oxygens (including phenoxy) is 1. The van der Waals surface area contributed by atoms with Gasteiger partial charge in [0.25, 0.3) is 5.91 Å². The van der Waals surface area contributed by atoms with Crippen LogP contribution in [0.2, 0.25) is 0 Å². The lowest BCUT2D eigenvalue weighted by Gasteiger charge is -2.29. The maximum absolute atomic E-state index is 13.6. The Morgan fingerprint density at radius 1 is 1.18 bits per heavy atom. The van der Waals surface area contributed by atoms with Crippen molar-refractivity contribution in [3.63, 3.8) is 0 Å². The number of nitrogens with zero attached hydrogens (tertiary/aromatic N) is 3. The Morgan fingerprint density at radius 2 is 2.00 bits per heavy atom. The van der Waals surface area contributed by atoms with Crippen molar-refractivity contribution in [1.29, 1.82) is 0 Å². The molecule has 10 heteroatoms. The molecule has 0 saturated carbocycles. The van der Waals surface area contributed by atoms with Crippen LogP contribution < -0.4 is 9.70 Å². The van der Waals surface area contributed by atoms with Gasteiger partial charge in [-0.3, -0.25) is 14.4 Å². The Labute approximate surface area is 197 Å². The molecule has 0 N–H and O–H groups in total. The molecule has 1 aliphatic heterocycles. The largest absolute Gasteiger partial charge is 0.468 e. The van der Waals surface area contributed by atoms with Gasteiger partial charge in [0.1, 0.15) is 12.4 Å². The van der Waals surface area contributed by atoms with Crippen LogP contribution in [0.15, 0.2) is 47.5 Å². The molecule has 0 atom stereocenters. The molecule has 172 valence electrons. The number of aromatic nitrogens is 1. The Kier molecular flexibility index (Phi) is 7.24. The summed E-state index contributed by atoms with van der Waals surface area (Å²) in [5, 5.41) is 0. The Balaban J connectivity index is 1.45. The highest BCUT2D eigenvalue weighted by atomic mass is 32.2. The molecule has 2 aromatic carbocycles. The van der Waals surface area contributed by atoms with Crippen LogP contribution in [-0.2, 0) is 32.1 Å². The van der Waals surface area contributed by atoms with E-state index in [1.165, 1.54) is 41.6 Å². The van der Waals surface area contributed by atoms with E-state index in [-0.39, 0.29) is 28.8 Å². The van der Waals surface area contributed by atoms with Gasteiger partial charge in [-0.1, -0.05) is 29.5 Å². The lowest BCUT2D eigenvalue weighted by molar-refractivity contribution is -0.141. The summed E-state index contributed by atoms with van der Waals surface area (Å²) in [6.45, 7) is 0.523. The summed E-state index contributed by atoms with van der Waals surface area (Å²) in [7, 11) is 1.27. The van der Waals surface area contributed by atoms with Gasteiger partial charge in [-0.05, 0) is 42.7 Å². The smallest absolute Gasteiger partial charge is 0.325 e. The van der Waals surface area contributed by atoms with Crippen molar-refractivity contribution in [1.82, 2.24) is 4.57 Å². The maximum atomic E-state index is 13.6. The molecule has 0 saturated heterocycles. The van der Waals surface area contributed by atoms with E-state index in [2.05, 4.69) is 4.99 Å². The average Bonchev–Trinajstić information content (AvgIpc) is 3.13. The van der Waals surface area contributed by atoms with E-state index in [4.69, 9.17) is 4.74 Å². The second-order valence-electron chi connectivity index (χ2n) is 7.43. The number of thioether (sulfide) groups is 1. The van der Waals surface area contributed by atoms with Gasteiger partial charge < -0.3 is 14.2 Å². The number of rotatable bonds is 6. The van der Waals surface area contributed by atoms with Crippen LogP contribution in [0, 0.1) is 5.82 Å². The molecule has 0 spiro atoms. The number of esters is 1. The van der Waals surface area contributed by atoms with Crippen molar-refractivity contribution in [2.24, 2.45) is 4.99 Å². The monoisotopic (exact) mass is 487 g/mol. The third kappa shape index (κ3) is 5.33. The number of methoxy groups -OCH3 is 1. The fourth-order valence-corrected chi connectivity index (χ4v) is 5.46. The number of hydrogen-bond donors (Lipinski definition) is 0. The van der Waals surface area contributed by atoms with Crippen LogP contribution >= 0.6 is 23.1 Å². The number of carbonyl (C=O) groups is 3. The number of hydrogen-bond acceptors (Lipinski definition) is 6. The summed E-state index contributed by atoms with van der Waals surface area (Å²) in [5.74, 6) is -1.22. The molecule has 0 radical (unpaired) electrons. The van der Waals surface area contributed by atoms with E-state index in [0.717, 1.165) is 35.4 Å². The number of fused-ring (bicyclic) bond motifs is 2. The van der Waals surface area contributed by atoms with Gasteiger partial charge in [-0.25, -0.2) is 4.39 Å². The van der Waals surface area contributed by atoms with Gasteiger partial charge in [-0.2, -0.15) is 4.99 Å². The zero-order valence-corrected chi connectivity index (χ0v) is 19.6. The molecule has 1 aliphatic rings. The summed E-state index contributed by atoms with van der Waals surface area (Å²) >= 11 is 2.32. The summed E-state index contributed by atoms with van der Waals surface area (Å²) < 4.78 is 20.5. The molecular weight excluding hydrogens is 465 g/mol. The van der Waals surface area contributed by atoms with Crippen LogP contribution in [0.4, 0.5) is 10.1 Å². The Bertz CT molecular complexity index is 1280. The molecule has 7 nitrogen and oxygen atoms in total. The summed E-state index contributed by atoms with van der Waals surface area (Å²) in [6, 6.07) is 12.0. The van der Waals surface area contributed by atoms with Gasteiger partial charge in [0.05, 0.1) is 28.8 Å². The van der Waals surface area contributed by atoms with Crippen molar-refractivity contribution >= 4 is 56.8 Å². The highest BCUT2D eigenvalue weighted by Crippen LogP contribution is 2.27. The second kappa shape index (κ2) is 10.3. The molecule has 1 aromatic heterocycles. The molecule has 0 unspecified atom stereocenters. The van der Waals surface area contributed by atoms with Crippen molar-refractivity contribution in [2.75, 3.05) is 30.1 Å². The van der Waals surface area contributed by atoms with E-state index in [1.54, 1.807) is 4.90 Å². The number of anilines is 1. The first-order valence-corrected chi connectivity index (χ1v) is 12.3. The van der Waals surface area contributed by atoms with Crippen molar-refractivity contribution in [3.8, 4) is 0 Å². The number of thiazole rings is 1. The molecule has 0 aliphatic carbocycles. The number of amides is 2. The third-order valence-electron chi connectivity index (χ3n) is 5.24. The Morgan fingerprint density at radius 3 is 2.82 bits per heavy atom. The summed E-state index contributed by atoms with van der Waals surface area (Å²) in [6.07, 6.45) is 1.86. The van der Waals surface area contributed by atoms with Crippen LogP contribution in [0.1, 0.15) is 12.0 Å². The van der Waals surface area contributed by atoms with E-state index in [9.17, 15) is 18.8 Å². The van der Waals surface area contributed by atoms with Crippen LogP contribution in [-0.4, -0.2) is 47.5 Å². The van der Waals surface area contributed by atoms with Gasteiger partial charge in [0.15, 0.2) is 4.80 Å². The SMILES string of the molecule is COC(=O)Cn1c(=NC(=O)CSCC(=O)N2CCCc3ccccc32)sc2cc(F)ccc21. The molecular formula is C23H22FN3O4S2. The molecule has 2 amide bonds. The van der Waals surface area contributed by atoms with Crippen LogP contribution in [0.3, 0.4) is 0 Å². The number of aryl methyl sites for hydroxylation is 1. The first kappa shape index (κ1) is 23.2. The van der Waals surface area contributed by atoms with Gasteiger partial charge in [-0.15, -0.1) is 11.8 Å². The van der Waals surface area contributed by atoms with Crippen LogP contribution in [0.25, 0.3) is 10.2 Å². The topological polar surface area (TPSA) is 81.0 Å². The maximum Gasteiger partial charge on any atom is 0.325 e. The number of halogens is 1. The number of para-hydroxylation sites is 1.